The zero-order valence-electron chi connectivity index (χ0n) is 14.0. The van der Waals surface area contributed by atoms with Crippen LogP contribution in [0.5, 0.6) is 0 Å². The molecule has 0 fully saturated rings. The highest BCUT2D eigenvalue weighted by Crippen LogP contribution is 2.13. The molecule has 2 heterocycles. The Morgan fingerprint density at radius 2 is 1.82 bits per heavy atom. The van der Waals surface area contributed by atoms with E-state index in [1.807, 2.05) is 11.5 Å². The predicted molar refractivity (Wildman–Crippen MR) is 87.2 cm³/mol. The monoisotopic (exact) mass is 307 g/mol. The zero-order valence-corrected chi connectivity index (χ0v) is 14.0. The van der Waals surface area contributed by atoms with E-state index in [-0.39, 0.29) is 17.8 Å². The fraction of sp³-hybridized carbons (Fsp3) is 0.667. The molecular formula is C15H25N5O2. The lowest BCUT2D eigenvalue weighted by Gasteiger charge is -2.19. The van der Waals surface area contributed by atoms with Crippen LogP contribution < -0.4 is 17.0 Å². The molecular weight excluding hydrogens is 282 g/mol. The molecule has 122 valence electrons. The molecule has 0 saturated carbocycles. The van der Waals surface area contributed by atoms with Gasteiger partial charge in [0.25, 0.3) is 5.56 Å². The third kappa shape index (κ3) is 2.72. The summed E-state index contributed by atoms with van der Waals surface area (Å²) < 4.78 is 4.56. The maximum atomic E-state index is 12.8. The van der Waals surface area contributed by atoms with Crippen molar-refractivity contribution in [3.05, 3.63) is 26.7 Å². The Hall–Kier alpha value is -1.89. The molecule has 0 spiro atoms. The SMILES string of the molecule is CCCc1nc2c(c(=O)n(CC(C)(C)N)c(=O)n2C)n1CC. The molecule has 7 nitrogen and oxygen atoms in total. The summed E-state index contributed by atoms with van der Waals surface area (Å²) in [5.74, 6) is 0.844. The minimum absolute atomic E-state index is 0.173. The van der Waals surface area contributed by atoms with Gasteiger partial charge in [-0.25, -0.2) is 9.78 Å². The third-order valence-corrected chi connectivity index (χ3v) is 3.67. The van der Waals surface area contributed by atoms with Crippen LogP contribution in [-0.4, -0.2) is 24.2 Å². The Bertz CT molecular complexity index is 804. The van der Waals surface area contributed by atoms with Crippen molar-refractivity contribution < 1.29 is 0 Å². The number of rotatable bonds is 5. The summed E-state index contributed by atoms with van der Waals surface area (Å²) >= 11 is 0. The van der Waals surface area contributed by atoms with Crippen molar-refractivity contribution in [3.8, 4) is 0 Å². The van der Waals surface area contributed by atoms with Crippen LogP contribution in [0.3, 0.4) is 0 Å². The number of imidazole rings is 1. The first kappa shape index (κ1) is 16.5. The van der Waals surface area contributed by atoms with Crippen molar-refractivity contribution in [2.75, 3.05) is 0 Å². The van der Waals surface area contributed by atoms with E-state index in [2.05, 4.69) is 11.9 Å². The molecule has 2 rings (SSSR count). The lowest BCUT2D eigenvalue weighted by Crippen LogP contribution is -2.48. The van der Waals surface area contributed by atoms with Crippen molar-refractivity contribution in [1.29, 1.82) is 0 Å². The quantitative estimate of drug-likeness (QED) is 0.876. The van der Waals surface area contributed by atoms with Crippen molar-refractivity contribution in [3.63, 3.8) is 0 Å². The number of hydrogen-bond donors (Lipinski definition) is 1. The highest BCUT2D eigenvalue weighted by atomic mass is 16.2. The molecule has 0 aliphatic heterocycles. The van der Waals surface area contributed by atoms with E-state index in [4.69, 9.17) is 5.73 Å². The number of aromatic nitrogens is 4. The van der Waals surface area contributed by atoms with E-state index in [0.29, 0.717) is 17.7 Å². The van der Waals surface area contributed by atoms with Crippen LogP contribution in [-0.2, 0) is 26.6 Å². The Kier molecular flexibility index (Phi) is 4.28. The average molecular weight is 307 g/mol. The molecule has 0 radical (unpaired) electrons. The summed E-state index contributed by atoms with van der Waals surface area (Å²) in [6.45, 7) is 8.44. The Morgan fingerprint density at radius 1 is 1.18 bits per heavy atom. The minimum Gasteiger partial charge on any atom is -0.324 e. The van der Waals surface area contributed by atoms with Crippen LogP contribution in [0.4, 0.5) is 0 Å². The molecule has 0 saturated heterocycles. The van der Waals surface area contributed by atoms with E-state index in [0.717, 1.165) is 18.7 Å². The lowest BCUT2D eigenvalue weighted by molar-refractivity contribution is 0.411. The van der Waals surface area contributed by atoms with E-state index in [9.17, 15) is 9.59 Å². The van der Waals surface area contributed by atoms with Crippen LogP contribution in [0.25, 0.3) is 11.2 Å². The fourth-order valence-electron chi connectivity index (χ4n) is 2.72. The fourth-order valence-corrected chi connectivity index (χ4v) is 2.72. The normalized spacial score (nSPS) is 12.3. The van der Waals surface area contributed by atoms with Gasteiger partial charge in [-0.1, -0.05) is 6.92 Å². The number of nitrogens with two attached hydrogens (primary N) is 1. The van der Waals surface area contributed by atoms with Gasteiger partial charge in [-0.3, -0.25) is 13.9 Å². The Balaban J connectivity index is 2.86. The highest BCUT2D eigenvalue weighted by Gasteiger charge is 2.22. The summed E-state index contributed by atoms with van der Waals surface area (Å²) in [4.78, 5) is 29.8. The largest absolute Gasteiger partial charge is 0.332 e. The molecule has 0 amide bonds. The molecule has 7 heteroatoms. The van der Waals surface area contributed by atoms with Gasteiger partial charge in [-0.2, -0.15) is 0 Å². The van der Waals surface area contributed by atoms with Gasteiger partial charge in [-0.15, -0.1) is 0 Å². The van der Waals surface area contributed by atoms with Crippen LogP contribution in [0, 0.1) is 0 Å². The summed E-state index contributed by atoms with van der Waals surface area (Å²) in [6.07, 6.45) is 1.71. The van der Waals surface area contributed by atoms with Crippen LogP contribution in [0.1, 0.15) is 39.9 Å². The van der Waals surface area contributed by atoms with E-state index >= 15 is 0 Å². The minimum atomic E-state index is -0.646. The summed E-state index contributed by atoms with van der Waals surface area (Å²) in [5, 5.41) is 0. The summed E-state index contributed by atoms with van der Waals surface area (Å²) in [7, 11) is 1.65. The standard InChI is InChI=1S/C15H25N5O2/c1-6-8-10-17-12-11(19(10)7-2)13(21)20(9-15(3,4)16)14(22)18(12)5/h6-9,16H2,1-5H3. The van der Waals surface area contributed by atoms with Gasteiger partial charge >= 0.3 is 5.69 Å². The van der Waals surface area contributed by atoms with Crippen LogP contribution >= 0.6 is 0 Å². The molecule has 0 unspecified atom stereocenters. The first-order valence-corrected chi connectivity index (χ1v) is 7.69. The predicted octanol–water partition coefficient (Wildman–Crippen LogP) is 0.606. The van der Waals surface area contributed by atoms with Crippen molar-refractivity contribution in [2.45, 2.75) is 59.2 Å². The lowest BCUT2D eigenvalue weighted by atomic mass is 10.1. The molecule has 0 aliphatic rings. The second-order valence-corrected chi connectivity index (χ2v) is 6.42. The van der Waals surface area contributed by atoms with Crippen LogP contribution in [0.15, 0.2) is 9.59 Å². The highest BCUT2D eigenvalue weighted by molar-refractivity contribution is 5.71. The van der Waals surface area contributed by atoms with Crippen LogP contribution in [0.2, 0.25) is 0 Å². The maximum Gasteiger partial charge on any atom is 0.332 e. The topological polar surface area (TPSA) is 87.8 Å². The molecule has 22 heavy (non-hydrogen) atoms. The number of fused-ring (bicyclic) bond motifs is 1. The van der Waals surface area contributed by atoms with E-state index in [1.54, 1.807) is 20.9 Å². The average Bonchev–Trinajstić information content (AvgIpc) is 2.79. The second kappa shape index (κ2) is 5.72. The first-order valence-electron chi connectivity index (χ1n) is 7.69. The van der Waals surface area contributed by atoms with Crippen molar-refractivity contribution >= 4 is 11.2 Å². The van der Waals surface area contributed by atoms with Crippen molar-refractivity contribution in [1.82, 2.24) is 18.7 Å². The first-order chi connectivity index (χ1) is 10.2. The number of hydrogen-bond acceptors (Lipinski definition) is 4. The van der Waals surface area contributed by atoms with Gasteiger partial charge in [0.1, 0.15) is 5.82 Å². The van der Waals surface area contributed by atoms with E-state index in [1.165, 1.54) is 9.13 Å². The number of nitrogens with zero attached hydrogens (tertiary/aromatic N) is 4. The molecule has 2 N–H and O–H groups in total. The van der Waals surface area contributed by atoms with Gasteiger partial charge in [0, 0.05) is 32.1 Å². The Labute approximate surface area is 129 Å². The smallest absolute Gasteiger partial charge is 0.324 e. The molecule has 0 aromatic carbocycles. The Morgan fingerprint density at radius 3 is 2.32 bits per heavy atom. The maximum absolute atomic E-state index is 12.8. The summed E-state index contributed by atoms with van der Waals surface area (Å²) in [5.41, 5.74) is 5.59. The molecule has 0 aliphatic carbocycles. The van der Waals surface area contributed by atoms with Crippen molar-refractivity contribution in [2.24, 2.45) is 12.8 Å². The zero-order chi connectivity index (χ0) is 16.7. The molecule has 0 bridgehead atoms. The molecule has 2 aromatic rings. The number of aryl methyl sites for hydroxylation is 3. The summed E-state index contributed by atoms with van der Waals surface area (Å²) in [6, 6.07) is 0. The molecule has 0 atom stereocenters. The van der Waals surface area contributed by atoms with Gasteiger partial charge < -0.3 is 10.3 Å². The molecule has 2 aromatic heterocycles. The van der Waals surface area contributed by atoms with Gasteiger partial charge in [0.05, 0.1) is 0 Å². The van der Waals surface area contributed by atoms with Gasteiger partial charge in [-0.05, 0) is 27.2 Å². The second-order valence-electron chi connectivity index (χ2n) is 6.42. The van der Waals surface area contributed by atoms with Gasteiger partial charge in [0.2, 0.25) is 0 Å². The third-order valence-electron chi connectivity index (χ3n) is 3.67. The van der Waals surface area contributed by atoms with E-state index < -0.39 is 5.54 Å². The van der Waals surface area contributed by atoms with Gasteiger partial charge in [0.15, 0.2) is 11.2 Å².